The van der Waals surface area contributed by atoms with Gasteiger partial charge in [0.05, 0.1) is 17.1 Å². The molecule has 1 amide bonds. The van der Waals surface area contributed by atoms with Gasteiger partial charge in [0, 0.05) is 17.5 Å². The van der Waals surface area contributed by atoms with Gasteiger partial charge in [0.1, 0.15) is 0 Å². The van der Waals surface area contributed by atoms with E-state index in [9.17, 15) is 4.79 Å². The Morgan fingerprint density at radius 3 is 2.78 bits per heavy atom. The number of aliphatic hydroxyl groups is 1. The fraction of sp³-hybridized carbons (Fsp3) is 0.692. The second-order valence-electron chi connectivity index (χ2n) is 4.70. The Hall–Kier alpha value is -0.940. The number of hydrogen-bond acceptors (Lipinski definition) is 4. The molecule has 0 aliphatic rings. The lowest BCUT2D eigenvalue weighted by Gasteiger charge is -2.28. The summed E-state index contributed by atoms with van der Waals surface area (Å²) >= 11 is 1.59. The molecule has 1 atom stereocenters. The summed E-state index contributed by atoms with van der Waals surface area (Å²) in [6.07, 6.45) is 2.60. The molecule has 5 heteroatoms. The van der Waals surface area contributed by atoms with Crippen molar-refractivity contribution >= 4 is 17.2 Å². The molecular formula is C13H22N2O2S. The summed E-state index contributed by atoms with van der Waals surface area (Å²) in [4.78, 5) is 16.3. The number of amides is 1. The van der Waals surface area contributed by atoms with Crippen molar-refractivity contribution in [3.05, 3.63) is 16.1 Å². The molecule has 1 aromatic heterocycles. The van der Waals surface area contributed by atoms with E-state index in [2.05, 4.69) is 17.2 Å². The number of carbonyl (C=O) groups excluding carboxylic acids is 1. The predicted molar refractivity (Wildman–Crippen MR) is 73.7 cm³/mol. The highest BCUT2D eigenvalue weighted by Gasteiger charge is 2.23. The molecule has 0 aromatic carbocycles. The largest absolute Gasteiger partial charge is 0.396 e. The summed E-state index contributed by atoms with van der Waals surface area (Å²) < 4.78 is 0. The molecule has 1 heterocycles. The average Bonchev–Trinajstić information content (AvgIpc) is 2.76. The standard InChI is InChI=1S/C13H22N2O2S/c1-4-12-14-10(9-18-12)8-11(17)15-13(3,5-2)6-7-16/h9,16H,4-8H2,1-3H3,(H,15,17). The van der Waals surface area contributed by atoms with Crippen LogP contribution < -0.4 is 5.32 Å². The van der Waals surface area contributed by atoms with Crippen LogP contribution in [0.15, 0.2) is 5.38 Å². The van der Waals surface area contributed by atoms with Gasteiger partial charge in [-0.1, -0.05) is 13.8 Å². The van der Waals surface area contributed by atoms with E-state index in [1.807, 2.05) is 19.2 Å². The Bertz CT molecular complexity index is 392. The molecule has 4 nitrogen and oxygen atoms in total. The molecule has 2 N–H and O–H groups in total. The fourth-order valence-electron chi connectivity index (χ4n) is 1.71. The maximum Gasteiger partial charge on any atom is 0.226 e. The number of thiazole rings is 1. The number of aromatic nitrogens is 1. The highest BCUT2D eigenvalue weighted by molar-refractivity contribution is 7.09. The first kappa shape index (κ1) is 15.1. The van der Waals surface area contributed by atoms with Gasteiger partial charge in [-0.3, -0.25) is 4.79 Å². The molecule has 0 saturated carbocycles. The quantitative estimate of drug-likeness (QED) is 0.795. The number of rotatable bonds is 7. The van der Waals surface area contributed by atoms with Crippen LogP contribution in [0.25, 0.3) is 0 Å². The number of hydrogen-bond donors (Lipinski definition) is 2. The van der Waals surface area contributed by atoms with Crippen LogP contribution in [0.5, 0.6) is 0 Å². The monoisotopic (exact) mass is 270 g/mol. The number of aliphatic hydroxyl groups excluding tert-OH is 1. The first-order valence-electron chi connectivity index (χ1n) is 6.38. The van der Waals surface area contributed by atoms with Gasteiger partial charge in [-0.2, -0.15) is 0 Å². The Kier molecular flexibility index (Phi) is 5.75. The Labute approximate surface area is 112 Å². The van der Waals surface area contributed by atoms with E-state index < -0.39 is 0 Å². The zero-order valence-electron chi connectivity index (χ0n) is 11.3. The maximum atomic E-state index is 11.9. The summed E-state index contributed by atoms with van der Waals surface area (Å²) in [5.41, 5.74) is 0.506. The van der Waals surface area contributed by atoms with E-state index in [1.165, 1.54) is 0 Å². The molecule has 1 rings (SSSR count). The fourth-order valence-corrected chi connectivity index (χ4v) is 2.46. The van der Waals surface area contributed by atoms with Gasteiger partial charge in [-0.15, -0.1) is 11.3 Å². The van der Waals surface area contributed by atoms with Gasteiger partial charge in [0.25, 0.3) is 0 Å². The van der Waals surface area contributed by atoms with E-state index in [0.29, 0.717) is 12.8 Å². The summed E-state index contributed by atoms with van der Waals surface area (Å²) in [6, 6.07) is 0. The molecule has 1 aromatic rings. The molecule has 0 aliphatic heterocycles. The van der Waals surface area contributed by atoms with E-state index in [-0.39, 0.29) is 18.1 Å². The lowest BCUT2D eigenvalue weighted by molar-refractivity contribution is -0.122. The van der Waals surface area contributed by atoms with Crippen molar-refractivity contribution in [1.82, 2.24) is 10.3 Å². The third-order valence-electron chi connectivity index (χ3n) is 3.13. The van der Waals surface area contributed by atoms with Crippen LogP contribution in [0.3, 0.4) is 0 Å². The van der Waals surface area contributed by atoms with Crippen molar-refractivity contribution in [3.63, 3.8) is 0 Å². The second kappa shape index (κ2) is 6.85. The molecule has 18 heavy (non-hydrogen) atoms. The Balaban J connectivity index is 2.55. The summed E-state index contributed by atoms with van der Waals surface area (Å²) in [5.74, 6) is -0.0271. The minimum absolute atomic E-state index is 0.0271. The molecule has 0 aliphatic carbocycles. The Morgan fingerprint density at radius 1 is 1.56 bits per heavy atom. The number of nitrogens with zero attached hydrogens (tertiary/aromatic N) is 1. The summed E-state index contributed by atoms with van der Waals surface area (Å²) in [5, 5.41) is 15.0. The van der Waals surface area contributed by atoms with E-state index in [1.54, 1.807) is 11.3 Å². The van der Waals surface area contributed by atoms with Crippen molar-refractivity contribution in [2.75, 3.05) is 6.61 Å². The zero-order chi connectivity index (χ0) is 13.6. The first-order chi connectivity index (χ1) is 8.53. The van der Waals surface area contributed by atoms with Gasteiger partial charge in [0.15, 0.2) is 0 Å². The van der Waals surface area contributed by atoms with Gasteiger partial charge < -0.3 is 10.4 Å². The molecular weight excluding hydrogens is 248 g/mol. The number of nitrogens with one attached hydrogen (secondary N) is 1. The zero-order valence-corrected chi connectivity index (χ0v) is 12.1. The van der Waals surface area contributed by atoms with Crippen molar-refractivity contribution in [3.8, 4) is 0 Å². The predicted octanol–water partition coefficient (Wildman–Crippen LogP) is 1.92. The van der Waals surface area contributed by atoms with Crippen LogP contribution in [-0.4, -0.2) is 28.1 Å². The van der Waals surface area contributed by atoms with Gasteiger partial charge in [0.2, 0.25) is 5.91 Å². The topological polar surface area (TPSA) is 62.2 Å². The lowest BCUT2D eigenvalue weighted by Crippen LogP contribution is -2.46. The Morgan fingerprint density at radius 2 is 2.28 bits per heavy atom. The molecule has 0 bridgehead atoms. The van der Waals surface area contributed by atoms with Crippen LogP contribution in [0.2, 0.25) is 0 Å². The SMILES string of the molecule is CCc1nc(CC(=O)NC(C)(CC)CCO)cs1. The van der Waals surface area contributed by atoms with Gasteiger partial charge in [-0.25, -0.2) is 4.98 Å². The third kappa shape index (κ3) is 4.38. The summed E-state index contributed by atoms with van der Waals surface area (Å²) in [7, 11) is 0. The molecule has 102 valence electrons. The number of carbonyl (C=O) groups is 1. The lowest BCUT2D eigenvalue weighted by atomic mass is 9.94. The highest BCUT2D eigenvalue weighted by atomic mass is 32.1. The van der Waals surface area contributed by atoms with Gasteiger partial charge in [-0.05, 0) is 26.2 Å². The van der Waals surface area contributed by atoms with E-state index in [0.717, 1.165) is 23.5 Å². The highest BCUT2D eigenvalue weighted by Crippen LogP contribution is 2.15. The smallest absolute Gasteiger partial charge is 0.226 e. The number of aryl methyl sites for hydroxylation is 1. The third-order valence-corrected chi connectivity index (χ3v) is 4.17. The molecule has 0 radical (unpaired) electrons. The van der Waals surface area contributed by atoms with Crippen molar-refractivity contribution in [1.29, 1.82) is 0 Å². The molecule has 0 saturated heterocycles. The van der Waals surface area contributed by atoms with E-state index in [4.69, 9.17) is 5.11 Å². The van der Waals surface area contributed by atoms with Crippen LogP contribution in [0.4, 0.5) is 0 Å². The minimum atomic E-state index is -0.324. The van der Waals surface area contributed by atoms with Crippen LogP contribution >= 0.6 is 11.3 Å². The van der Waals surface area contributed by atoms with Crippen LogP contribution in [0, 0.1) is 0 Å². The first-order valence-corrected chi connectivity index (χ1v) is 7.26. The van der Waals surface area contributed by atoms with Crippen molar-refractivity contribution < 1.29 is 9.90 Å². The molecule has 0 fully saturated rings. The van der Waals surface area contributed by atoms with Gasteiger partial charge >= 0.3 is 0 Å². The molecule has 0 spiro atoms. The van der Waals surface area contributed by atoms with Crippen molar-refractivity contribution in [2.24, 2.45) is 0 Å². The van der Waals surface area contributed by atoms with E-state index >= 15 is 0 Å². The van der Waals surface area contributed by atoms with Crippen LogP contribution in [0.1, 0.15) is 44.3 Å². The normalized spacial score (nSPS) is 14.2. The van der Waals surface area contributed by atoms with Crippen molar-refractivity contribution in [2.45, 2.75) is 52.0 Å². The summed E-state index contributed by atoms with van der Waals surface area (Å²) in [6.45, 7) is 6.10. The van der Waals surface area contributed by atoms with Crippen LogP contribution in [-0.2, 0) is 17.6 Å². The maximum absolute atomic E-state index is 11.9. The molecule has 1 unspecified atom stereocenters. The minimum Gasteiger partial charge on any atom is -0.396 e. The average molecular weight is 270 g/mol. The second-order valence-corrected chi connectivity index (χ2v) is 5.64.